The number of nitrogens with one attached hydrogen (secondary N) is 2. The lowest BCUT2D eigenvalue weighted by molar-refractivity contribution is 0.682. The molecule has 0 aromatic carbocycles. The van der Waals surface area contributed by atoms with Gasteiger partial charge in [0.25, 0.3) is 0 Å². The van der Waals surface area contributed by atoms with Gasteiger partial charge in [-0.1, -0.05) is 12.7 Å². The predicted molar refractivity (Wildman–Crippen MR) is 140 cm³/mol. The molecule has 34 heavy (non-hydrogen) atoms. The zero-order valence-electron chi connectivity index (χ0n) is 19.7. The van der Waals surface area contributed by atoms with Gasteiger partial charge in [0.2, 0.25) is 0 Å². The number of pyridine rings is 2. The van der Waals surface area contributed by atoms with Gasteiger partial charge in [0, 0.05) is 38.5 Å². The van der Waals surface area contributed by atoms with Crippen LogP contribution in [0.5, 0.6) is 0 Å². The smallest absolute Gasteiger partial charge is 0.157 e. The predicted octanol–water partition coefficient (Wildman–Crippen LogP) is 4.65. The number of aromatic nitrogens is 4. The van der Waals surface area contributed by atoms with E-state index >= 15 is 0 Å². The van der Waals surface area contributed by atoms with Crippen molar-refractivity contribution >= 4 is 33.6 Å². The van der Waals surface area contributed by atoms with Gasteiger partial charge in [-0.2, -0.15) is 0 Å². The number of H-pyrrole nitrogens is 1. The Kier molecular flexibility index (Phi) is 5.71. The third-order valence-electron chi connectivity index (χ3n) is 5.59. The number of thiophene rings is 1. The molecule has 0 amide bonds. The van der Waals surface area contributed by atoms with Crippen molar-refractivity contribution in [2.75, 3.05) is 0 Å². The molecule has 5 rings (SSSR count). The highest BCUT2D eigenvalue weighted by atomic mass is 32.1. The van der Waals surface area contributed by atoms with Crippen LogP contribution >= 0.6 is 11.3 Å². The van der Waals surface area contributed by atoms with E-state index in [0.29, 0.717) is 6.04 Å². The van der Waals surface area contributed by atoms with Crippen molar-refractivity contribution in [3.05, 3.63) is 94.3 Å². The van der Waals surface area contributed by atoms with Crippen LogP contribution in [0.15, 0.2) is 72.3 Å². The van der Waals surface area contributed by atoms with Crippen LogP contribution in [0.25, 0.3) is 32.7 Å². The van der Waals surface area contributed by atoms with Gasteiger partial charge in [-0.25, -0.2) is 9.98 Å². The number of aryl methyl sites for hydroxylation is 1. The SMILES string of the molecule is C=C/C(=C\C(=C/C)c1cc2c(cn1)=NC=2c1nc2c(-c3ccc(C)s3)cncc2[nH]1)NC(C)C. The number of nitrogens with zero attached hydrogens (tertiary/aromatic N) is 4. The Labute approximate surface area is 202 Å². The van der Waals surface area contributed by atoms with Gasteiger partial charge in [0.05, 0.1) is 29.0 Å². The molecule has 0 bridgehead atoms. The summed E-state index contributed by atoms with van der Waals surface area (Å²) in [5.74, 6) is 0.744. The monoisotopic (exact) mass is 466 g/mol. The lowest BCUT2D eigenvalue weighted by Gasteiger charge is -2.13. The summed E-state index contributed by atoms with van der Waals surface area (Å²) >= 11 is 1.74. The summed E-state index contributed by atoms with van der Waals surface area (Å²) in [6.07, 6.45) is 11.5. The molecule has 1 aliphatic heterocycles. The molecule has 0 fully saturated rings. The van der Waals surface area contributed by atoms with Crippen LogP contribution in [0.2, 0.25) is 0 Å². The van der Waals surface area contributed by atoms with E-state index < -0.39 is 0 Å². The fourth-order valence-corrected chi connectivity index (χ4v) is 4.84. The van der Waals surface area contributed by atoms with Crippen LogP contribution in [0.1, 0.15) is 37.2 Å². The molecule has 0 unspecified atom stereocenters. The van der Waals surface area contributed by atoms with Crippen molar-refractivity contribution < 1.29 is 0 Å². The Morgan fingerprint density at radius 1 is 1.21 bits per heavy atom. The second-order valence-corrected chi connectivity index (χ2v) is 9.76. The maximum absolute atomic E-state index is 4.92. The van der Waals surface area contributed by atoms with Gasteiger partial charge in [-0.15, -0.1) is 11.3 Å². The molecule has 4 aromatic rings. The Hall–Kier alpha value is -3.84. The summed E-state index contributed by atoms with van der Waals surface area (Å²) in [7, 11) is 0. The van der Waals surface area contributed by atoms with Crippen LogP contribution in [-0.2, 0) is 0 Å². The second-order valence-electron chi connectivity index (χ2n) is 8.47. The van der Waals surface area contributed by atoms with Crippen molar-refractivity contribution in [3.63, 3.8) is 0 Å². The highest BCUT2D eigenvalue weighted by Gasteiger charge is 2.18. The largest absolute Gasteiger partial charge is 0.383 e. The first-order valence-electron chi connectivity index (χ1n) is 11.2. The summed E-state index contributed by atoms with van der Waals surface area (Å²) in [4.78, 5) is 24.5. The van der Waals surface area contributed by atoms with E-state index in [9.17, 15) is 0 Å². The Bertz CT molecular complexity index is 1600. The standard InChI is InChI=1S/C27H26N6S/c1-6-17(10-18(7-2)30-15(3)4)21-11-19-22(14-29-21)31-26(19)27-32-23-13-28-12-20(25(23)33-27)24-9-8-16(5)34-24/h6-15,30H,2H2,1,3-5H3,(H,32,33)/b17-6+,18-10+. The summed E-state index contributed by atoms with van der Waals surface area (Å²) < 4.78 is 0. The zero-order valence-corrected chi connectivity index (χ0v) is 20.5. The molecular formula is C27H26N6S. The molecule has 2 N–H and O–H groups in total. The lowest BCUT2D eigenvalue weighted by Crippen LogP contribution is -2.36. The summed E-state index contributed by atoms with van der Waals surface area (Å²) in [6, 6.07) is 6.64. The third-order valence-corrected chi connectivity index (χ3v) is 6.62. The van der Waals surface area contributed by atoms with Crippen LogP contribution < -0.4 is 15.9 Å². The third kappa shape index (κ3) is 3.99. The highest BCUT2D eigenvalue weighted by molar-refractivity contribution is 7.15. The fourth-order valence-electron chi connectivity index (χ4n) is 3.96. The molecule has 4 aromatic heterocycles. The molecule has 0 aliphatic carbocycles. The minimum atomic E-state index is 0.316. The lowest BCUT2D eigenvalue weighted by atomic mass is 10.1. The first-order valence-corrected chi connectivity index (χ1v) is 12.1. The molecule has 0 spiro atoms. The average Bonchev–Trinajstić information content (AvgIpc) is 3.43. The molecule has 5 heterocycles. The number of rotatable bonds is 7. The molecule has 170 valence electrons. The van der Waals surface area contributed by atoms with Crippen molar-refractivity contribution in [2.24, 2.45) is 4.99 Å². The minimum Gasteiger partial charge on any atom is -0.383 e. The number of fused-ring (bicyclic) bond motifs is 2. The van der Waals surface area contributed by atoms with E-state index in [4.69, 9.17) is 4.98 Å². The summed E-state index contributed by atoms with van der Waals surface area (Å²) in [6.45, 7) is 12.3. The quantitative estimate of drug-likeness (QED) is 0.389. The van der Waals surface area contributed by atoms with E-state index in [2.05, 4.69) is 83.0 Å². The number of aromatic amines is 1. The van der Waals surface area contributed by atoms with E-state index in [1.165, 1.54) is 4.88 Å². The molecule has 1 aliphatic rings. The second kappa shape index (κ2) is 8.83. The first-order chi connectivity index (χ1) is 16.5. The van der Waals surface area contributed by atoms with E-state index in [1.807, 2.05) is 31.6 Å². The maximum Gasteiger partial charge on any atom is 0.157 e. The summed E-state index contributed by atoms with van der Waals surface area (Å²) in [5.41, 5.74) is 6.53. The van der Waals surface area contributed by atoms with Gasteiger partial charge >= 0.3 is 0 Å². The molecule has 7 heteroatoms. The van der Waals surface area contributed by atoms with Crippen molar-refractivity contribution in [1.29, 1.82) is 0 Å². The fraction of sp³-hybridized carbons (Fsp3) is 0.185. The topological polar surface area (TPSA) is 78.8 Å². The van der Waals surface area contributed by atoms with Crippen molar-refractivity contribution in [2.45, 2.75) is 33.7 Å². The molecule has 6 nitrogen and oxygen atoms in total. The molecular weight excluding hydrogens is 440 g/mol. The van der Waals surface area contributed by atoms with E-state index in [1.54, 1.807) is 11.3 Å². The first kappa shape index (κ1) is 22.0. The number of imidazole rings is 1. The number of hydrogen-bond donors (Lipinski definition) is 2. The van der Waals surface area contributed by atoms with Crippen LogP contribution in [0.3, 0.4) is 0 Å². The maximum atomic E-state index is 4.92. The van der Waals surface area contributed by atoms with Gasteiger partial charge in [-0.05, 0) is 63.6 Å². The Morgan fingerprint density at radius 2 is 2.06 bits per heavy atom. The molecule has 0 saturated heterocycles. The van der Waals surface area contributed by atoms with Gasteiger partial charge < -0.3 is 10.3 Å². The van der Waals surface area contributed by atoms with Crippen LogP contribution in [-0.4, -0.2) is 26.0 Å². The van der Waals surface area contributed by atoms with Crippen LogP contribution in [0, 0.1) is 6.92 Å². The molecule has 0 saturated carbocycles. The molecule has 0 radical (unpaired) electrons. The van der Waals surface area contributed by atoms with E-state index in [0.717, 1.165) is 60.5 Å². The number of allylic oxidation sites excluding steroid dienone is 4. The average molecular weight is 467 g/mol. The molecule has 0 atom stereocenters. The zero-order chi connectivity index (χ0) is 23.8. The van der Waals surface area contributed by atoms with Gasteiger partial charge in [-0.3, -0.25) is 9.97 Å². The minimum absolute atomic E-state index is 0.316. The van der Waals surface area contributed by atoms with Crippen molar-refractivity contribution in [1.82, 2.24) is 25.3 Å². The van der Waals surface area contributed by atoms with Gasteiger partial charge in [0.15, 0.2) is 5.82 Å². The highest BCUT2D eigenvalue weighted by Crippen LogP contribution is 2.32. The number of hydrogen-bond acceptors (Lipinski definition) is 6. The summed E-state index contributed by atoms with van der Waals surface area (Å²) in [5, 5.41) is 5.31. The normalized spacial score (nSPS) is 13.6. The van der Waals surface area contributed by atoms with Crippen molar-refractivity contribution in [3.8, 4) is 10.4 Å². The van der Waals surface area contributed by atoms with Crippen LogP contribution in [0.4, 0.5) is 0 Å². The van der Waals surface area contributed by atoms with Gasteiger partial charge in [0.1, 0.15) is 11.2 Å². The van der Waals surface area contributed by atoms with E-state index in [-0.39, 0.29) is 0 Å². The Morgan fingerprint density at radius 3 is 2.76 bits per heavy atom. The Balaban J connectivity index is 1.57.